The van der Waals surface area contributed by atoms with E-state index in [2.05, 4.69) is 5.32 Å². The first kappa shape index (κ1) is 12.3. The predicted molar refractivity (Wildman–Crippen MR) is 61.7 cm³/mol. The Morgan fingerprint density at radius 2 is 2.20 bits per heavy atom. The zero-order chi connectivity index (χ0) is 11.1. The van der Waals surface area contributed by atoms with Crippen molar-refractivity contribution in [2.24, 2.45) is 0 Å². The molecule has 0 atom stereocenters. The lowest BCUT2D eigenvalue weighted by Crippen LogP contribution is -2.20. The minimum atomic E-state index is 0.170. The zero-order valence-electron chi connectivity index (χ0n) is 8.79. The number of methoxy groups -OCH3 is 1. The van der Waals surface area contributed by atoms with Crippen LogP contribution in [0.5, 0.6) is 5.75 Å². The molecule has 0 bridgehead atoms. The molecular formula is C11H16ClNO2. The Morgan fingerprint density at radius 3 is 2.80 bits per heavy atom. The Balaban J connectivity index is 2.45. The molecule has 0 unspecified atom stereocenters. The van der Waals surface area contributed by atoms with Crippen LogP contribution >= 0.6 is 11.6 Å². The predicted octanol–water partition coefficient (Wildman–Crippen LogP) is 1.47. The molecule has 0 aliphatic carbocycles. The quantitative estimate of drug-likeness (QED) is 0.726. The maximum Gasteiger partial charge on any atom is 0.137 e. The van der Waals surface area contributed by atoms with Crippen LogP contribution in [0.4, 0.5) is 0 Å². The van der Waals surface area contributed by atoms with Crippen LogP contribution in [0.25, 0.3) is 0 Å². The highest BCUT2D eigenvalue weighted by Crippen LogP contribution is 2.24. The molecule has 0 aliphatic rings. The van der Waals surface area contributed by atoms with E-state index in [4.69, 9.17) is 21.4 Å². The van der Waals surface area contributed by atoms with Crippen molar-refractivity contribution < 1.29 is 9.84 Å². The molecular weight excluding hydrogens is 214 g/mol. The summed E-state index contributed by atoms with van der Waals surface area (Å²) < 4.78 is 5.06. The summed E-state index contributed by atoms with van der Waals surface area (Å²) in [4.78, 5) is 0. The molecule has 0 saturated carbocycles. The van der Waals surface area contributed by atoms with E-state index in [1.165, 1.54) is 0 Å². The van der Waals surface area contributed by atoms with Crippen LogP contribution < -0.4 is 10.1 Å². The van der Waals surface area contributed by atoms with E-state index >= 15 is 0 Å². The van der Waals surface area contributed by atoms with Gasteiger partial charge in [0.1, 0.15) is 5.75 Å². The number of hydrogen-bond acceptors (Lipinski definition) is 3. The molecule has 0 heterocycles. The molecule has 1 aromatic rings. The van der Waals surface area contributed by atoms with Gasteiger partial charge in [-0.3, -0.25) is 0 Å². The van der Waals surface area contributed by atoms with Crippen molar-refractivity contribution in [3.63, 3.8) is 0 Å². The minimum Gasteiger partial charge on any atom is -0.495 e. The normalized spacial score (nSPS) is 10.3. The number of aliphatic hydroxyl groups excluding tert-OH is 1. The van der Waals surface area contributed by atoms with Crippen LogP contribution in [0.3, 0.4) is 0 Å². The molecule has 0 aliphatic heterocycles. The number of benzene rings is 1. The smallest absolute Gasteiger partial charge is 0.137 e. The van der Waals surface area contributed by atoms with Gasteiger partial charge < -0.3 is 15.2 Å². The fourth-order valence-electron chi connectivity index (χ4n) is 1.30. The molecule has 1 aromatic carbocycles. The summed E-state index contributed by atoms with van der Waals surface area (Å²) in [5.74, 6) is 0.698. The highest BCUT2D eigenvalue weighted by atomic mass is 35.5. The van der Waals surface area contributed by atoms with Crippen molar-refractivity contribution in [3.05, 3.63) is 28.8 Å². The molecule has 0 amide bonds. The van der Waals surface area contributed by atoms with Gasteiger partial charge in [-0.2, -0.15) is 0 Å². The highest BCUT2D eigenvalue weighted by Gasteiger charge is 2.01. The maximum absolute atomic E-state index is 8.58. The summed E-state index contributed by atoms with van der Waals surface area (Å²) in [6.07, 6.45) is 0.893. The second-order valence-corrected chi connectivity index (χ2v) is 3.60. The van der Waals surface area contributed by atoms with Crippen LogP contribution in [0.15, 0.2) is 18.2 Å². The van der Waals surface area contributed by atoms with Crippen molar-refractivity contribution in [2.75, 3.05) is 26.8 Å². The Hall–Kier alpha value is -0.770. The first-order chi connectivity index (χ1) is 7.27. The van der Waals surface area contributed by atoms with Gasteiger partial charge in [0.25, 0.3) is 0 Å². The number of ether oxygens (including phenoxy) is 1. The third-order valence-corrected chi connectivity index (χ3v) is 2.39. The van der Waals surface area contributed by atoms with Crippen molar-refractivity contribution >= 4 is 11.6 Å². The summed E-state index contributed by atoms with van der Waals surface area (Å²) in [5.41, 5.74) is 1.16. The molecule has 4 heteroatoms. The molecule has 0 fully saturated rings. The van der Waals surface area contributed by atoms with Gasteiger partial charge >= 0.3 is 0 Å². The van der Waals surface area contributed by atoms with Crippen LogP contribution in [0, 0.1) is 0 Å². The first-order valence-electron chi connectivity index (χ1n) is 4.92. The maximum atomic E-state index is 8.58. The molecule has 1 rings (SSSR count). The van der Waals surface area contributed by atoms with Gasteiger partial charge in [-0.1, -0.05) is 17.7 Å². The average molecular weight is 230 g/mol. The third-order valence-electron chi connectivity index (χ3n) is 2.10. The second kappa shape index (κ2) is 6.67. The lowest BCUT2D eigenvalue weighted by atomic mass is 10.1. The SMILES string of the molecule is COc1ccc(CCNCCO)cc1Cl. The van der Waals surface area contributed by atoms with E-state index in [9.17, 15) is 0 Å². The van der Waals surface area contributed by atoms with E-state index in [0.717, 1.165) is 18.5 Å². The van der Waals surface area contributed by atoms with E-state index < -0.39 is 0 Å². The Kier molecular flexibility index (Phi) is 5.47. The number of halogens is 1. The van der Waals surface area contributed by atoms with Crippen molar-refractivity contribution in [2.45, 2.75) is 6.42 Å². The van der Waals surface area contributed by atoms with Crippen LogP contribution in [0.1, 0.15) is 5.56 Å². The van der Waals surface area contributed by atoms with Crippen molar-refractivity contribution in [3.8, 4) is 5.75 Å². The monoisotopic (exact) mass is 229 g/mol. The summed E-state index contributed by atoms with van der Waals surface area (Å²) in [7, 11) is 1.60. The molecule has 3 nitrogen and oxygen atoms in total. The second-order valence-electron chi connectivity index (χ2n) is 3.19. The van der Waals surface area contributed by atoms with Gasteiger partial charge in [0.05, 0.1) is 18.7 Å². The van der Waals surface area contributed by atoms with Crippen LogP contribution in [-0.4, -0.2) is 31.9 Å². The van der Waals surface area contributed by atoms with Crippen molar-refractivity contribution in [1.29, 1.82) is 0 Å². The fraction of sp³-hybridized carbons (Fsp3) is 0.455. The lowest BCUT2D eigenvalue weighted by molar-refractivity contribution is 0.293. The summed E-state index contributed by atoms with van der Waals surface area (Å²) in [5, 5.41) is 12.3. The van der Waals surface area contributed by atoms with Gasteiger partial charge in [0, 0.05) is 6.54 Å². The van der Waals surface area contributed by atoms with Crippen LogP contribution in [-0.2, 0) is 6.42 Å². The number of hydrogen-bond donors (Lipinski definition) is 2. The topological polar surface area (TPSA) is 41.5 Å². The van der Waals surface area contributed by atoms with E-state index in [1.807, 2.05) is 18.2 Å². The molecule has 84 valence electrons. The Labute approximate surface area is 95.0 Å². The van der Waals surface area contributed by atoms with E-state index in [1.54, 1.807) is 7.11 Å². The number of nitrogens with one attached hydrogen (secondary N) is 1. The summed E-state index contributed by atoms with van der Waals surface area (Å²) >= 11 is 5.98. The van der Waals surface area contributed by atoms with E-state index in [-0.39, 0.29) is 6.61 Å². The largest absolute Gasteiger partial charge is 0.495 e. The number of aliphatic hydroxyl groups is 1. The lowest BCUT2D eigenvalue weighted by Gasteiger charge is -2.06. The summed E-state index contributed by atoms with van der Waals surface area (Å²) in [6.45, 7) is 1.64. The Morgan fingerprint density at radius 1 is 1.40 bits per heavy atom. The molecule has 0 radical (unpaired) electrons. The summed E-state index contributed by atoms with van der Waals surface area (Å²) in [6, 6.07) is 5.76. The molecule has 0 aromatic heterocycles. The molecule has 0 spiro atoms. The molecule has 15 heavy (non-hydrogen) atoms. The zero-order valence-corrected chi connectivity index (χ0v) is 9.55. The minimum absolute atomic E-state index is 0.170. The van der Waals surface area contributed by atoms with Crippen molar-refractivity contribution in [1.82, 2.24) is 5.32 Å². The number of rotatable bonds is 6. The molecule has 0 saturated heterocycles. The highest BCUT2D eigenvalue weighted by molar-refractivity contribution is 6.32. The standard InChI is InChI=1S/C11H16ClNO2/c1-15-11-3-2-9(8-10(11)12)4-5-13-6-7-14/h2-3,8,13-14H,4-7H2,1H3. The van der Waals surface area contributed by atoms with Gasteiger partial charge in [-0.05, 0) is 30.7 Å². The van der Waals surface area contributed by atoms with Gasteiger partial charge in [0.2, 0.25) is 0 Å². The fourth-order valence-corrected chi connectivity index (χ4v) is 1.58. The van der Waals surface area contributed by atoms with Gasteiger partial charge in [0.15, 0.2) is 0 Å². The van der Waals surface area contributed by atoms with Crippen LogP contribution in [0.2, 0.25) is 5.02 Å². The third kappa shape index (κ3) is 4.08. The van der Waals surface area contributed by atoms with Gasteiger partial charge in [-0.15, -0.1) is 0 Å². The molecule has 2 N–H and O–H groups in total. The first-order valence-corrected chi connectivity index (χ1v) is 5.29. The van der Waals surface area contributed by atoms with E-state index in [0.29, 0.717) is 17.3 Å². The average Bonchev–Trinajstić information content (AvgIpc) is 2.25. The Bertz CT molecular complexity index is 305. The van der Waals surface area contributed by atoms with Gasteiger partial charge in [-0.25, -0.2) is 0 Å².